The second kappa shape index (κ2) is 41.1. The van der Waals surface area contributed by atoms with Crippen molar-refractivity contribution < 1.29 is 42.1 Å². The van der Waals surface area contributed by atoms with Crippen LogP contribution in [-0.2, 0) is 32.7 Å². The number of nitrogens with zero attached hydrogens (tertiary/aromatic N) is 1. The number of rotatable bonds is 45. The highest BCUT2D eigenvalue weighted by atomic mass is 31.2. The maximum absolute atomic E-state index is 12.7. The van der Waals surface area contributed by atoms with Gasteiger partial charge in [-0.15, -0.1) is 0 Å². The van der Waals surface area contributed by atoms with E-state index in [1.165, 1.54) is 167 Å². The summed E-state index contributed by atoms with van der Waals surface area (Å²) < 4.78 is 34.4. The summed E-state index contributed by atoms with van der Waals surface area (Å²) in [6.07, 6.45) is 44.0. The molecule has 344 valence electrons. The van der Waals surface area contributed by atoms with Gasteiger partial charge in [-0.1, -0.05) is 193 Å². The van der Waals surface area contributed by atoms with Crippen LogP contribution in [-0.4, -0.2) is 74.9 Å². The lowest BCUT2D eigenvalue weighted by atomic mass is 10.0. The molecule has 0 saturated carbocycles. The summed E-state index contributed by atoms with van der Waals surface area (Å²) in [7, 11) is 1.49. The van der Waals surface area contributed by atoms with Crippen LogP contribution in [0.4, 0.5) is 0 Å². The van der Waals surface area contributed by atoms with Gasteiger partial charge in [-0.05, 0) is 38.5 Å². The second-order valence-electron chi connectivity index (χ2n) is 17.9. The van der Waals surface area contributed by atoms with Gasteiger partial charge in [0.25, 0.3) is 0 Å². The third-order valence-corrected chi connectivity index (χ3v) is 11.8. The van der Waals surface area contributed by atoms with E-state index in [-0.39, 0.29) is 25.6 Å². The lowest BCUT2D eigenvalue weighted by molar-refractivity contribution is -0.870. The van der Waals surface area contributed by atoms with E-state index in [0.29, 0.717) is 23.9 Å². The number of allylic oxidation sites excluding steroid dienone is 2. The molecule has 1 unspecified atom stereocenters. The van der Waals surface area contributed by atoms with E-state index in [0.717, 1.165) is 32.1 Å². The van der Waals surface area contributed by atoms with Crippen LogP contribution < -0.4 is 0 Å². The van der Waals surface area contributed by atoms with Gasteiger partial charge < -0.3 is 18.9 Å². The first-order valence-electron chi connectivity index (χ1n) is 24.4. The standard InChI is InChI=1S/C48H94NO8P/c1-6-8-10-12-14-16-18-20-21-22-23-24-25-26-27-29-31-33-35-37-39-41-48(51)57-46(45-56-58(52,53)55-43-42-49(3,4)5)44-54-47(50)40-38-36-34-32-30-28-19-17-15-13-11-9-7-2/h20-21,46H,6-19,22-45H2,1-5H3/p+1/b21-20-/t46-/m0/s1. The molecule has 0 amide bonds. The zero-order valence-corrected chi connectivity index (χ0v) is 39.7. The molecule has 0 radical (unpaired) electrons. The molecule has 0 aromatic carbocycles. The van der Waals surface area contributed by atoms with Gasteiger partial charge in [-0.3, -0.25) is 18.6 Å². The van der Waals surface area contributed by atoms with E-state index in [2.05, 4.69) is 26.0 Å². The zero-order valence-electron chi connectivity index (χ0n) is 38.8. The number of carbonyl (C=O) groups excluding carboxylic acids is 2. The molecule has 0 aromatic rings. The second-order valence-corrected chi connectivity index (χ2v) is 19.3. The molecule has 0 heterocycles. The zero-order chi connectivity index (χ0) is 42.8. The van der Waals surface area contributed by atoms with Crippen molar-refractivity contribution in [2.24, 2.45) is 0 Å². The topological polar surface area (TPSA) is 108 Å². The molecule has 1 N–H and O–H groups in total. The fourth-order valence-electron chi connectivity index (χ4n) is 6.95. The number of hydrogen-bond donors (Lipinski definition) is 1. The molecule has 0 bridgehead atoms. The molecule has 0 aliphatic rings. The van der Waals surface area contributed by atoms with Gasteiger partial charge in [0.15, 0.2) is 6.10 Å². The van der Waals surface area contributed by atoms with Gasteiger partial charge in [0.1, 0.15) is 19.8 Å². The van der Waals surface area contributed by atoms with E-state index in [1.807, 2.05) is 21.1 Å². The van der Waals surface area contributed by atoms with Crippen molar-refractivity contribution in [1.82, 2.24) is 0 Å². The van der Waals surface area contributed by atoms with Crippen LogP contribution in [0.15, 0.2) is 12.2 Å². The molecular formula is C48H95NO8P+. The molecule has 9 nitrogen and oxygen atoms in total. The highest BCUT2D eigenvalue weighted by Crippen LogP contribution is 2.43. The SMILES string of the molecule is CCCCCCCC/C=C\CCCCCCCCCCCCCC(=O)O[C@@H](COC(=O)CCCCCCCCCCCCCCC)COP(=O)(O)OCC[N+](C)(C)C. The summed E-state index contributed by atoms with van der Waals surface area (Å²) in [5.74, 6) is -0.787. The average Bonchev–Trinajstić information content (AvgIpc) is 3.17. The lowest BCUT2D eigenvalue weighted by Gasteiger charge is -2.24. The summed E-state index contributed by atoms with van der Waals surface area (Å²) in [5.41, 5.74) is 0. The average molecular weight is 845 g/mol. The Morgan fingerprint density at radius 3 is 1.28 bits per heavy atom. The fraction of sp³-hybridized carbons (Fsp3) is 0.917. The summed E-state index contributed by atoms with van der Waals surface area (Å²) >= 11 is 0. The molecular weight excluding hydrogens is 750 g/mol. The Kier molecular flexibility index (Phi) is 40.2. The number of phosphoric ester groups is 1. The molecule has 0 rings (SSSR count). The molecule has 0 aromatic heterocycles. The summed E-state index contributed by atoms with van der Waals surface area (Å²) in [6.45, 7) is 4.45. The summed E-state index contributed by atoms with van der Waals surface area (Å²) in [6, 6.07) is 0. The number of esters is 2. The number of quaternary nitrogens is 1. The van der Waals surface area contributed by atoms with Crippen LogP contribution in [0.2, 0.25) is 0 Å². The van der Waals surface area contributed by atoms with Crippen LogP contribution in [0.1, 0.15) is 232 Å². The smallest absolute Gasteiger partial charge is 0.462 e. The van der Waals surface area contributed by atoms with Crippen molar-refractivity contribution in [3.63, 3.8) is 0 Å². The van der Waals surface area contributed by atoms with Gasteiger partial charge in [-0.25, -0.2) is 4.57 Å². The number of hydrogen-bond acceptors (Lipinski definition) is 7. The van der Waals surface area contributed by atoms with Crippen LogP contribution in [0, 0.1) is 0 Å². The lowest BCUT2D eigenvalue weighted by Crippen LogP contribution is -2.37. The molecule has 0 spiro atoms. The van der Waals surface area contributed by atoms with E-state index in [9.17, 15) is 19.0 Å². The van der Waals surface area contributed by atoms with Crippen LogP contribution in [0.25, 0.3) is 0 Å². The Balaban J connectivity index is 4.23. The maximum atomic E-state index is 12.7. The number of likely N-dealkylation sites (N-methyl/N-ethyl adjacent to an activating group) is 1. The molecule has 2 atom stereocenters. The Morgan fingerprint density at radius 1 is 0.517 bits per heavy atom. The number of phosphoric acid groups is 1. The normalized spacial score (nSPS) is 13.6. The molecule has 0 aliphatic carbocycles. The quantitative estimate of drug-likeness (QED) is 0.0212. The molecule has 0 aliphatic heterocycles. The third kappa shape index (κ3) is 44.3. The van der Waals surface area contributed by atoms with Gasteiger partial charge >= 0.3 is 19.8 Å². The molecule has 10 heteroatoms. The highest BCUT2D eigenvalue weighted by molar-refractivity contribution is 7.47. The minimum atomic E-state index is -4.37. The monoisotopic (exact) mass is 845 g/mol. The first kappa shape index (κ1) is 56.8. The van der Waals surface area contributed by atoms with Crippen molar-refractivity contribution in [2.45, 2.75) is 238 Å². The van der Waals surface area contributed by atoms with Crippen LogP contribution in [0.3, 0.4) is 0 Å². The third-order valence-electron chi connectivity index (χ3n) is 10.8. The van der Waals surface area contributed by atoms with Crippen LogP contribution >= 0.6 is 7.82 Å². The summed E-state index contributed by atoms with van der Waals surface area (Å²) in [5, 5.41) is 0. The van der Waals surface area contributed by atoms with Gasteiger partial charge in [0.05, 0.1) is 27.7 Å². The van der Waals surface area contributed by atoms with E-state index in [1.54, 1.807) is 0 Å². The van der Waals surface area contributed by atoms with Gasteiger partial charge in [0.2, 0.25) is 0 Å². The molecule has 0 fully saturated rings. The first-order chi connectivity index (χ1) is 28.0. The Labute approximate surface area is 358 Å². The fourth-order valence-corrected chi connectivity index (χ4v) is 7.69. The minimum absolute atomic E-state index is 0.0350. The predicted molar refractivity (Wildman–Crippen MR) is 243 cm³/mol. The van der Waals surface area contributed by atoms with E-state index in [4.69, 9.17) is 18.5 Å². The minimum Gasteiger partial charge on any atom is -0.462 e. The molecule has 58 heavy (non-hydrogen) atoms. The predicted octanol–water partition coefficient (Wildman–Crippen LogP) is 14.1. The van der Waals surface area contributed by atoms with Crippen molar-refractivity contribution in [3.05, 3.63) is 12.2 Å². The van der Waals surface area contributed by atoms with E-state index < -0.39 is 26.5 Å². The van der Waals surface area contributed by atoms with E-state index >= 15 is 0 Å². The van der Waals surface area contributed by atoms with Crippen molar-refractivity contribution in [3.8, 4) is 0 Å². The summed E-state index contributed by atoms with van der Waals surface area (Å²) in [4.78, 5) is 35.4. The Hall–Kier alpha value is -1.25. The van der Waals surface area contributed by atoms with Gasteiger partial charge in [0, 0.05) is 12.8 Å². The maximum Gasteiger partial charge on any atom is 0.472 e. The van der Waals surface area contributed by atoms with Crippen molar-refractivity contribution >= 4 is 19.8 Å². The van der Waals surface area contributed by atoms with Crippen molar-refractivity contribution in [1.29, 1.82) is 0 Å². The Morgan fingerprint density at radius 2 is 0.879 bits per heavy atom. The van der Waals surface area contributed by atoms with Crippen LogP contribution in [0.5, 0.6) is 0 Å². The Bertz CT molecular complexity index is 1000. The number of carbonyl (C=O) groups is 2. The largest absolute Gasteiger partial charge is 0.472 e. The number of ether oxygens (including phenoxy) is 2. The van der Waals surface area contributed by atoms with Crippen molar-refractivity contribution in [2.75, 3.05) is 47.5 Å². The molecule has 0 saturated heterocycles. The first-order valence-corrected chi connectivity index (χ1v) is 25.9. The van der Waals surface area contributed by atoms with Gasteiger partial charge in [-0.2, -0.15) is 0 Å². The highest BCUT2D eigenvalue weighted by Gasteiger charge is 2.27. The number of unbranched alkanes of at least 4 members (excludes halogenated alkanes) is 29.